The molecular weight excluding hydrogens is 254 g/mol. The SMILES string of the molecule is CCc1cccc(OCC(O)CNC2CCCOC2)c1. The van der Waals surface area contributed by atoms with E-state index in [0.717, 1.165) is 38.2 Å². The van der Waals surface area contributed by atoms with Crippen molar-refractivity contribution in [2.75, 3.05) is 26.4 Å². The monoisotopic (exact) mass is 279 g/mol. The van der Waals surface area contributed by atoms with Crippen LogP contribution in [0.25, 0.3) is 0 Å². The highest BCUT2D eigenvalue weighted by atomic mass is 16.5. The molecule has 1 aliphatic heterocycles. The van der Waals surface area contributed by atoms with Crippen molar-refractivity contribution in [3.8, 4) is 5.75 Å². The predicted octanol–water partition coefficient (Wildman–Crippen LogP) is 1.76. The van der Waals surface area contributed by atoms with Crippen LogP contribution in [0.5, 0.6) is 5.75 Å². The number of hydrogen-bond acceptors (Lipinski definition) is 4. The van der Waals surface area contributed by atoms with Crippen molar-refractivity contribution in [1.82, 2.24) is 5.32 Å². The lowest BCUT2D eigenvalue weighted by atomic mass is 10.1. The van der Waals surface area contributed by atoms with Crippen molar-refractivity contribution in [3.05, 3.63) is 29.8 Å². The highest BCUT2D eigenvalue weighted by Crippen LogP contribution is 2.14. The van der Waals surface area contributed by atoms with E-state index in [1.54, 1.807) is 0 Å². The van der Waals surface area contributed by atoms with Gasteiger partial charge in [-0.1, -0.05) is 19.1 Å². The Balaban J connectivity index is 1.67. The summed E-state index contributed by atoms with van der Waals surface area (Å²) in [6.45, 7) is 4.57. The molecule has 1 fully saturated rings. The summed E-state index contributed by atoms with van der Waals surface area (Å²) in [4.78, 5) is 0. The number of aryl methyl sites for hydroxylation is 1. The van der Waals surface area contributed by atoms with Crippen LogP contribution in [0.1, 0.15) is 25.3 Å². The quantitative estimate of drug-likeness (QED) is 0.798. The van der Waals surface area contributed by atoms with E-state index in [0.29, 0.717) is 19.2 Å². The molecule has 1 aromatic carbocycles. The molecule has 0 saturated carbocycles. The molecule has 4 heteroatoms. The van der Waals surface area contributed by atoms with Gasteiger partial charge in [-0.25, -0.2) is 0 Å². The maximum Gasteiger partial charge on any atom is 0.119 e. The summed E-state index contributed by atoms with van der Waals surface area (Å²) in [5, 5.41) is 13.3. The largest absolute Gasteiger partial charge is 0.491 e. The maximum atomic E-state index is 9.94. The molecule has 112 valence electrons. The van der Waals surface area contributed by atoms with Gasteiger partial charge >= 0.3 is 0 Å². The van der Waals surface area contributed by atoms with Gasteiger partial charge in [0.2, 0.25) is 0 Å². The molecule has 0 radical (unpaired) electrons. The van der Waals surface area contributed by atoms with Gasteiger partial charge in [-0.3, -0.25) is 0 Å². The molecule has 2 N–H and O–H groups in total. The zero-order chi connectivity index (χ0) is 14.2. The Labute approximate surface area is 121 Å². The van der Waals surface area contributed by atoms with Gasteiger partial charge in [0, 0.05) is 19.2 Å². The second-order valence-corrected chi connectivity index (χ2v) is 5.29. The van der Waals surface area contributed by atoms with Crippen molar-refractivity contribution in [1.29, 1.82) is 0 Å². The van der Waals surface area contributed by atoms with Gasteiger partial charge in [0.15, 0.2) is 0 Å². The molecule has 1 aromatic rings. The molecule has 2 atom stereocenters. The number of aliphatic hydroxyl groups excluding tert-OH is 1. The number of aliphatic hydroxyl groups is 1. The van der Waals surface area contributed by atoms with Crippen LogP contribution in [0.2, 0.25) is 0 Å². The first kappa shape index (κ1) is 15.3. The first-order chi connectivity index (χ1) is 9.78. The Morgan fingerprint density at radius 2 is 2.40 bits per heavy atom. The smallest absolute Gasteiger partial charge is 0.119 e. The molecule has 1 aliphatic rings. The summed E-state index contributed by atoms with van der Waals surface area (Å²) in [5.41, 5.74) is 1.24. The molecule has 0 spiro atoms. The molecule has 0 amide bonds. The fraction of sp³-hybridized carbons (Fsp3) is 0.625. The van der Waals surface area contributed by atoms with E-state index in [4.69, 9.17) is 9.47 Å². The first-order valence-electron chi connectivity index (χ1n) is 7.49. The van der Waals surface area contributed by atoms with Crippen LogP contribution < -0.4 is 10.1 Å². The average Bonchev–Trinajstić information content (AvgIpc) is 2.52. The van der Waals surface area contributed by atoms with Crippen LogP contribution in [0.15, 0.2) is 24.3 Å². The van der Waals surface area contributed by atoms with E-state index >= 15 is 0 Å². The minimum absolute atomic E-state index is 0.313. The summed E-state index contributed by atoms with van der Waals surface area (Å²) in [7, 11) is 0. The standard InChI is InChI=1S/C16H25NO3/c1-2-13-5-3-7-16(9-13)20-12-15(18)10-17-14-6-4-8-19-11-14/h3,5,7,9,14-15,17-18H,2,4,6,8,10-12H2,1H3. The first-order valence-corrected chi connectivity index (χ1v) is 7.49. The van der Waals surface area contributed by atoms with E-state index in [1.807, 2.05) is 18.2 Å². The van der Waals surface area contributed by atoms with Gasteiger partial charge in [0.05, 0.1) is 6.61 Å². The molecule has 2 rings (SSSR count). The Morgan fingerprint density at radius 3 is 3.15 bits per heavy atom. The van der Waals surface area contributed by atoms with Gasteiger partial charge in [-0.05, 0) is 37.0 Å². The minimum atomic E-state index is -0.498. The molecule has 4 nitrogen and oxygen atoms in total. The lowest BCUT2D eigenvalue weighted by Crippen LogP contribution is -2.42. The molecule has 0 bridgehead atoms. The predicted molar refractivity (Wildman–Crippen MR) is 79.2 cm³/mol. The van der Waals surface area contributed by atoms with Crippen LogP contribution in [0.3, 0.4) is 0 Å². The number of rotatable bonds is 7. The van der Waals surface area contributed by atoms with Gasteiger partial charge in [-0.2, -0.15) is 0 Å². The summed E-state index contributed by atoms with van der Waals surface area (Å²) in [5.74, 6) is 0.824. The number of nitrogens with one attached hydrogen (secondary N) is 1. The van der Waals surface area contributed by atoms with Gasteiger partial charge in [0.1, 0.15) is 18.5 Å². The molecule has 0 aliphatic carbocycles. The van der Waals surface area contributed by atoms with E-state index < -0.39 is 6.10 Å². The second-order valence-electron chi connectivity index (χ2n) is 5.29. The molecule has 1 heterocycles. The average molecular weight is 279 g/mol. The van der Waals surface area contributed by atoms with Crippen molar-refractivity contribution in [3.63, 3.8) is 0 Å². The molecule has 0 aromatic heterocycles. The van der Waals surface area contributed by atoms with Crippen LogP contribution >= 0.6 is 0 Å². The molecule has 2 unspecified atom stereocenters. The Bertz CT molecular complexity index is 391. The van der Waals surface area contributed by atoms with Crippen molar-refractivity contribution < 1.29 is 14.6 Å². The maximum absolute atomic E-state index is 9.94. The minimum Gasteiger partial charge on any atom is -0.491 e. The van der Waals surface area contributed by atoms with Crippen LogP contribution in [0.4, 0.5) is 0 Å². The van der Waals surface area contributed by atoms with E-state index in [1.165, 1.54) is 5.56 Å². The van der Waals surface area contributed by atoms with Gasteiger partial charge < -0.3 is 19.9 Å². The van der Waals surface area contributed by atoms with Crippen molar-refractivity contribution in [2.45, 2.75) is 38.3 Å². The topological polar surface area (TPSA) is 50.7 Å². The van der Waals surface area contributed by atoms with E-state index in [-0.39, 0.29) is 0 Å². The highest BCUT2D eigenvalue weighted by Gasteiger charge is 2.15. The third-order valence-corrected chi connectivity index (χ3v) is 3.55. The highest BCUT2D eigenvalue weighted by molar-refractivity contribution is 5.28. The molecular formula is C16H25NO3. The Kier molecular flexibility index (Phi) is 6.30. The third kappa shape index (κ3) is 5.12. The van der Waals surface area contributed by atoms with Crippen LogP contribution in [-0.2, 0) is 11.2 Å². The van der Waals surface area contributed by atoms with Gasteiger partial charge in [0.25, 0.3) is 0 Å². The summed E-state index contributed by atoms with van der Waals surface area (Å²) >= 11 is 0. The summed E-state index contributed by atoms with van der Waals surface area (Å²) in [6, 6.07) is 8.37. The third-order valence-electron chi connectivity index (χ3n) is 3.55. The summed E-state index contributed by atoms with van der Waals surface area (Å²) in [6.07, 6.45) is 2.70. The Morgan fingerprint density at radius 1 is 1.50 bits per heavy atom. The van der Waals surface area contributed by atoms with E-state index in [2.05, 4.69) is 18.3 Å². The van der Waals surface area contributed by atoms with Crippen LogP contribution in [-0.4, -0.2) is 43.6 Å². The second kappa shape index (κ2) is 8.25. The van der Waals surface area contributed by atoms with Crippen molar-refractivity contribution in [2.24, 2.45) is 0 Å². The summed E-state index contributed by atoms with van der Waals surface area (Å²) < 4.78 is 11.0. The molecule has 20 heavy (non-hydrogen) atoms. The number of hydrogen-bond donors (Lipinski definition) is 2. The zero-order valence-electron chi connectivity index (χ0n) is 12.2. The van der Waals surface area contributed by atoms with Crippen LogP contribution in [0, 0.1) is 0 Å². The lowest BCUT2D eigenvalue weighted by molar-refractivity contribution is 0.0572. The fourth-order valence-corrected chi connectivity index (χ4v) is 2.31. The zero-order valence-corrected chi connectivity index (χ0v) is 12.2. The van der Waals surface area contributed by atoms with Crippen molar-refractivity contribution >= 4 is 0 Å². The normalized spacial score (nSPS) is 20.6. The Hall–Kier alpha value is -1.10. The van der Waals surface area contributed by atoms with Gasteiger partial charge in [-0.15, -0.1) is 0 Å². The molecule has 1 saturated heterocycles. The number of ether oxygens (including phenoxy) is 2. The lowest BCUT2D eigenvalue weighted by Gasteiger charge is -2.24. The fourth-order valence-electron chi connectivity index (χ4n) is 2.31. The van der Waals surface area contributed by atoms with E-state index in [9.17, 15) is 5.11 Å². The number of benzene rings is 1.